The Hall–Kier alpha value is -1.17. The maximum Gasteiger partial charge on any atom is 0.123 e. The number of rotatable bonds is 3. The Labute approximate surface area is 125 Å². The molecule has 2 atom stereocenters. The fourth-order valence-electron chi connectivity index (χ4n) is 4.01. The zero-order valence-electron chi connectivity index (χ0n) is 12.3. The lowest BCUT2D eigenvalue weighted by molar-refractivity contribution is -0.0982. The molecule has 3 rings (SSSR count). The van der Waals surface area contributed by atoms with Crippen LogP contribution in [0.3, 0.4) is 0 Å². The van der Waals surface area contributed by atoms with Crippen LogP contribution in [-0.2, 0) is 4.74 Å². The molecule has 1 aliphatic heterocycles. The molecule has 0 aromatic heterocycles. The molecule has 116 valence electrons. The largest absolute Gasteiger partial charge is 0.398 e. The van der Waals surface area contributed by atoms with Crippen LogP contribution in [0.25, 0.3) is 0 Å². The second-order valence-electron chi connectivity index (χ2n) is 6.41. The minimum Gasteiger partial charge on any atom is -0.398 e. The molecular weight excluding hydrogens is 269 g/mol. The molecule has 2 fully saturated rings. The van der Waals surface area contributed by atoms with Crippen molar-refractivity contribution in [2.45, 2.75) is 50.2 Å². The van der Waals surface area contributed by atoms with Crippen molar-refractivity contribution in [3.8, 4) is 0 Å². The summed E-state index contributed by atoms with van der Waals surface area (Å²) in [6.07, 6.45) is 6.61. The van der Waals surface area contributed by atoms with E-state index in [0.29, 0.717) is 11.6 Å². The molecular formula is C16H24FN3O. The van der Waals surface area contributed by atoms with E-state index < -0.39 is 0 Å². The Morgan fingerprint density at radius 2 is 2.10 bits per heavy atom. The number of nitrogens with one attached hydrogen (secondary N) is 1. The number of nitrogen functional groups attached to an aromatic ring is 1. The summed E-state index contributed by atoms with van der Waals surface area (Å²) in [5, 5.41) is 0. The molecule has 1 aromatic rings. The Kier molecular flexibility index (Phi) is 4.15. The number of ether oxygens (including phenoxy) is 1. The molecule has 1 saturated carbocycles. The minimum atomic E-state index is -0.276. The van der Waals surface area contributed by atoms with Gasteiger partial charge in [0.1, 0.15) is 5.82 Å². The summed E-state index contributed by atoms with van der Waals surface area (Å²) < 4.78 is 19.6. The third kappa shape index (κ3) is 2.91. The molecule has 2 unspecified atom stereocenters. The summed E-state index contributed by atoms with van der Waals surface area (Å²) in [6, 6.07) is 4.37. The van der Waals surface area contributed by atoms with E-state index in [0.717, 1.165) is 37.9 Å². The predicted molar refractivity (Wildman–Crippen MR) is 80.8 cm³/mol. The Morgan fingerprint density at radius 3 is 2.81 bits per heavy atom. The van der Waals surface area contributed by atoms with Crippen LogP contribution >= 0.6 is 0 Å². The highest BCUT2D eigenvalue weighted by atomic mass is 19.1. The number of nitrogens with two attached hydrogens (primary N) is 2. The van der Waals surface area contributed by atoms with Gasteiger partial charge in [-0.15, -0.1) is 0 Å². The number of hydrogen-bond donors (Lipinski definition) is 3. The highest BCUT2D eigenvalue weighted by molar-refractivity contribution is 5.48. The second-order valence-corrected chi connectivity index (χ2v) is 6.41. The maximum atomic E-state index is 13.6. The van der Waals surface area contributed by atoms with E-state index in [1.54, 1.807) is 6.07 Å². The third-order valence-electron chi connectivity index (χ3n) is 5.08. The fraction of sp³-hybridized carbons (Fsp3) is 0.625. The number of halogens is 1. The number of anilines is 1. The van der Waals surface area contributed by atoms with Crippen LogP contribution in [0.5, 0.6) is 0 Å². The lowest BCUT2D eigenvalue weighted by Crippen LogP contribution is -2.43. The summed E-state index contributed by atoms with van der Waals surface area (Å²) in [4.78, 5) is 0. The lowest BCUT2D eigenvalue weighted by Gasteiger charge is -2.41. The minimum absolute atomic E-state index is 0.0140. The van der Waals surface area contributed by atoms with Crippen LogP contribution in [0.2, 0.25) is 0 Å². The maximum absolute atomic E-state index is 13.6. The first-order valence-corrected chi connectivity index (χ1v) is 7.79. The van der Waals surface area contributed by atoms with Gasteiger partial charge in [-0.3, -0.25) is 11.3 Å². The quantitative estimate of drug-likeness (QED) is 0.455. The van der Waals surface area contributed by atoms with E-state index >= 15 is 0 Å². The Bertz CT molecular complexity index is 502. The summed E-state index contributed by atoms with van der Waals surface area (Å²) in [5.74, 6) is 5.82. The van der Waals surface area contributed by atoms with Gasteiger partial charge in [0.05, 0.1) is 11.6 Å². The van der Waals surface area contributed by atoms with Gasteiger partial charge in [0.2, 0.25) is 0 Å². The topological polar surface area (TPSA) is 73.3 Å². The molecule has 4 nitrogen and oxygen atoms in total. The number of hydrogen-bond acceptors (Lipinski definition) is 4. The van der Waals surface area contributed by atoms with Gasteiger partial charge in [-0.1, -0.05) is 12.8 Å². The smallest absolute Gasteiger partial charge is 0.123 e. The first-order chi connectivity index (χ1) is 10.1. The Balaban J connectivity index is 1.84. The second kappa shape index (κ2) is 5.91. The van der Waals surface area contributed by atoms with Crippen molar-refractivity contribution in [3.05, 3.63) is 29.6 Å². The zero-order valence-corrected chi connectivity index (χ0v) is 12.3. The van der Waals surface area contributed by atoms with Gasteiger partial charge >= 0.3 is 0 Å². The van der Waals surface area contributed by atoms with Crippen LogP contribution < -0.4 is 17.0 Å². The molecule has 1 spiro atoms. The van der Waals surface area contributed by atoms with Crippen LogP contribution in [-0.4, -0.2) is 12.2 Å². The Morgan fingerprint density at radius 1 is 1.33 bits per heavy atom. The molecule has 0 radical (unpaired) electrons. The molecule has 21 heavy (non-hydrogen) atoms. The average Bonchev–Trinajstić information content (AvgIpc) is 2.91. The van der Waals surface area contributed by atoms with Gasteiger partial charge < -0.3 is 10.5 Å². The van der Waals surface area contributed by atoms with E-state index in [2.05, 4.69) is 5.43 Å². The fourth-order valence-corrected chi connectivity index (χ4v) is 4.01. The van der Waals surface area contributed by atoms with E-state index in [-0.39, 0.29) is 17.5 Å². The summed E-state index contributed by atoms with van der Waals surface area (Å²) in [6.45, 7) is 0.748. The van der Waals surface area contributed by atoms with Crippen molar-refractivity contribution in [2.24, 2.45) is 11.8 Å². The van der Waals surface area contributed by atoms with Gasteiger partial charge in [-0.05, 0) is 55.4 Å². The van der Waals surface area contributed by atoms with E-state index in [1.165, 1.54) is 25.0 Å². The molecule has 1 aliphatic carbocycles. The summed E-state index contributed by atoms with van der Waals surface area (Å²) >= 11 is 0. The average molecular weight is 293 g/mol. The van der Waals surface area contributed by atoms with E-state index in [9.17, 15) is 4.39 Å². The molecule has 0 bridgehead atoms. The summed E-state index contributed by atoms with van der Waals surface area (Å²) in [5.41, 5.74) is 10.2. The highest BCUT2D eigenvalue weighted by Crippen LogP contribution is 2.45. The van der Waals surface area contributed by atoms with Gasteiger partial charge in [0.25, 0.3) is 0 Å². The monoisotopic (exact) mass is 293 g/mol. The first kappa shape index (κ1) is 14.8. The summed E-state index contributed by atoms with van der Waals surface area (Å²) in [7, 11) is 0. The van der Waals surface area contributed by atoms with Crippen molar-refractivity contribution < 1.29 is 9.13 Å². The van der Waals surface area contributed by atoms with Crippen molar-refractivity contribution in [1.82, 2.24) is 5.43 Å². The van der Waals surface area contributed by atoms with Crippen molar-refractivity contribution in [2.75, 3.05) is 12.3 Å². The van der Waals surface area contributed by atoms with Gasteiger partial charge in [-0.2, -0.15) is 0 Å². The molecule has 5 heteroatoms. The first-order valence-electron chi connectivity index (χ1n) is 7.79. The van der Waals surface area contributed by atoms with Crippen LogP contribution in [0.4, 0.5) is 10.1 Å². The van der Waals surface area contributed by atoms with Crippen molar-refractivity contribution in [1.29, 1.82) is 0 Å². The van der Waals surface area contributed by atoms with Crippen molar-refractivity contribution in [3.63, 3.8) is 0 Å². The van der Waals surface area contributed by atoms with Gasteiger partial charge in [0, 0.05) is 12.3 Å². The van der Waals surface area contributed by atoms with E-state index in [1.807, 2.05) is 0 Å². The molecule has 0 amide bonds. The third-order valence-corrected chi connectivity index (χ3v) is 5.08. The SMILES string of the molecule is NNC(c1cc(F)ccc1N)C1CCOC2(CCCC2)C1. The molecule has 1 heterocycles. The number of hydrazine groups is 1. The van der Waals surface area contributed by atoms with E-state index in [4.69, 9.17) is 16.3 Å². The lowest BCUT2D eigenvalue weighted by atomic mass is 9.78. The standard InChI is InChI=1S/C16H24FN3O/c17-12-3-4-14(18)13(9-12)15(20-19)11-5-8-21-16(10-11)6-1-2-7-16/h3-4,9,11,15,20H,1-2,5-8,10,18-19H2. The molecule has 5 N–H and O–H groups in total. The van der Waals surface area contributed by atoms with Gasteiger partial charge in [-0.25, -0.2) is 4.39 Å². The highest BCUT2D eigenvalue weighted by Gasteiger charge is 2.42. The molecule has 1 aromatic carbocycles. The number of benzene rings is 1. The normalized spacial score (nSPS) is 26.1. The van der Waals surface area contributed by atoms with Gasteiger partial charge in [0.15, 0.2) is 0 Å². The predicted octanol–water partition coefficient (Wildman–Crippen LogP) is 2.65. The molecule has 2 aliphatic rings. The molecule has 1 saturated heterocycles. The van der Waals surface area contributed by atoms with Crippen LogP contribution in [0.1, 0.15) is 50.1 Å². The zero-order chi connectivity index (χ0) is 14.9. The van der Waals surface area contributed by atoms with Crippen LogP contribution in [0.15, 0.2) is 18.2 Å². The van der Waals surface area contributed by atoms with Crippen molar-refractivity contribution >= 4 is 5.69 Å². The van der Waals surface area contributed by atoms with Crippen LogP contribution in [0, 0.1) is 11.7 Å².